The van der Waals surface area contributed by atoms with E-state index in [2.05, 4.69) is 15.9 Å². The second-order valence-electron chi connectivity index (χ2n) is 4.23. The molecular weight excluding hydrogens is 327 g/mol. The van der Waals surface area contributed by atoms with Crippen LogP contribution >= 0.6 is 27.3 Å². The van der Waals surface area contributed by atoms with Crippen LogP contribution in [0.25, 0.3) is 10.1 Å². The van der Waals surface area contributed by atoms with Crippen LogP contribution in [0.2, 0.25) is 0 Å². The first-order valence-electron chi connectivity index (χ1n) is 5.76. The highest BCUT2D eigenvalue weighted by Crippen LogP contribution is 2.35. The predicted molar refractivity (Wildman–Crippen MR) is 80.0 cm³/mol. The second-order valence-corrected chi connectivity index (χ2v) is 6.00. The molecule has 0 aliphatic carbocycles. The molecule has 1 N–H and O–H groups in total. The maximum Gasteiger partial charge on any atom is 0.143 e. The van der Waals surface area contributed by atoms with Gasteiger partial charge in [-0.3, -0.25) is 0 Å². The lowest BCUT2D eigenvalue weighted by atomic mass is 10.0. The zero-order chi connectivity index (χ0) is 13.4. The highest BCUT2D eigenvalue weighted by atomic mass is 79.9. The Labute approximate surface area is 122 Å². The zero-order valence-electron chi connectivity index (χ0n) is 9.81. The first-order valence-corrected chi connectivity index (χ1v) is 7.44. The van der Waals surface area contributed by atoms with Crippen molar-refractivity contribution in [3.05, 3.63) is 69.3 Å². The quantitative estimate of drug-likeness (QED) is 0.706. The van der Waals surface area contributed by atoms with Crippen LogP contribution in [-0.2, 0) is 0 Å². The molecule has 0 fully saturated rings. The van der Waals surface area contributed by atoms with Crippen molar-refractivity contribution in [3.63, 3.8) is 0 Å². The van der Waals surface area contributed by atoms with Crippen molar-refractivity contribution in [2.75, 3.05) is 0 Å². The summed E-state index contributed by atoms with van der Waals surface area (Å²) in [4.78, 5) is 0. The number of rotatable bonds is 2. The highest BCUT2D eigenvalue weighted by molar-refractivity contribution is 9.10. The Morgan fingerprint density at radius 1 is 1.05 bits per heavy atom. The van der Waals surface area contributed by atoms with Crippen LogP contribution in [0, 0.1) is 5.82 Å². The van der Waals surface area contributed by atoms with E-state index in [4.69, 9.17) is 0 Å². The topological polar surface area (TPSA) is 20.2 Å². The molecule has 0 spiro atoms. The Morgan fingerprint density at radius 3 is 2.68 bits per heavy atom. The van der Waals surface area contributed by atoms with Crippen molar-refractivity contribution in [2.45, 2.75) is 6.10 Å². The number of halogens is 2. The lowest BCUT2D eigenvalue weighted by Gasteiger charge is -2.12. The molecule has 0 amide bonds. The number of aliphatic hydroxyl groups is 1. The van der Waals surface area contributed by atoms with Gasteiger partial charge in [0.25, 0.3) is 0 Å². The van der Waals surface area contributed by atoms with E-state index in [-0.39, 0.29) is 5.56 Å². The fourth-order valence-electron chi connectivity index (χ4n) is 2.11. The summed E-state index contributed by atoms with van der Waals surface area (Å²) in [5.41, 5.74) is 1.04. The van der Waals surface area contributed by atoms with E-state index in [1.807, 2.05) is 29.6 Å². The van der Waals surface area contributed by atoms with E-state index in [0.29, 0.717) is 4.47 Å². The molecule has 2 aromatic carbocycles. The summed E-state index contributed by atoms with van der Waals surface area (Å²) in [6.07, 6.45) is -0.950. The maximum atomic E-state index is 14.0. The third kappa shape index (κ3) is 2.20. The van der Waals surface area contributed by atoms with Gasteiger partial charge in [0.1, 0.15) is 11.9 Å². The molecule has 0 aliphatic rings. The summed E-state index contributed by atoms with van der Waals surface area (Å²) in [5.74, 6) is -0.412. The minimum Gasteiger partial charge on any atom is -0.383 e. The van der Waals surface area contributed by atoms with Gasteiger partial charge in [0.05, 0.1) is 4.47 Å². The summed E-state index contributed by atoms with van der Waals surface area (Å²) in [5, 5.41) is 13.3. The molecule has 0 radical (unpaired) electrons. The van der Waals surface area contributed by atoms with E-state index in [1.165, 1.54) is 0 Å². The van der Waals surface area contributed by atoms with E-state index >= 15 is 0 Å². The summed E-state index contributed by atoms with van der Waals surface area (Å²) in [6, 6.07) is 12.8. The summed E-state index contributed by atoms with van der Waals surface area (Å²) in [7, 11) is 0. The predicted octanol–water partition coefficient (Wildman–Crippen LogP) is 4.88. The molecule has 0 saturated carbocycles. The molecule has 1 nitrogen and oxygen atoms in total. The monoisotopic (exact) mass is 336 g/mol. The average Bonchev–Trinajstić information content (AvgIpc) is 2.85. The van der Waals surface area contributed by atoms with Crippen LogP contribution in [0.4, 0.5) is 4.39 Å². The van der Waals surface area contributed by atoms with Crippen molar-refractivity contribution >= 4 is 37.4 Å². The maximum absolute atomic E-state index is 14.0. The Hall–Kier alpha value is -1.23. The molecule has 1 aromatic heterocycles. The summed E-state index contributed by atoms with van der Waals surface area (Å²) in [6.45, 7) is 0. The normalized spacial score (nSPS) is 12.8. The van der Waals surface area contributed by atoms with Crippen LogP contribution in [0.5, 0.6) is 0 Å². The number of fused-ring (bicyclic) bond motifs is 1. The van der Waals surface area contributed by atoms with Gasteiger partial charge in [0.2, 0.25) is 0 Å². The van der Waals surface area contributed by atoms with Gasteiger partial charge in [0.15, 0.2) is 0 Å². The molecule has 4 heteroatoms. The van der Waals surface area contributed by atoms with Crippen molar-refractivity contribution in [1.82, 2.24) is 0 Å². The molecule has 3 aromatic rings. The van der Waals surface area contributed by atoms with E-state index < -0.39 is 11.9 Å². The Balaban J connectivity index is 2.13. The standard InChI is InChI=1S/C15H10BrFOS/c16-12-6-3-5-10(14(12)17)15(18)11-8-19-13-7-2-1-4-9(11)13/h1-8,15,18H. The SMILES string of the molecule is OC(c1cccc(Br)c1F)c1csc2ccccc12. The number of aliphatic hydroxyl groups excluding tert-OH is 1. The van der Waals surface area contributed by atoms with Gasteiger partial charge >= 0.3 is 0 Å². The van der Waals surface area contributed by atoms with Gasteiger partial charge in [0, 0.05) is 15.8 Å². The molecule has 3 rings (SSSR count). The smallest absolute Gasteiger partial charge is 0.143 e. The van der Waals surface area contributed by atoms with Gasteiger partial charge in [-0.15, -0.1) is 11.3 Å². The lowest BCUT2D eigenvalue weighted by Crippen LogP contribution is -2.02. The molecular formula is C15H10BrFOS. The van der Waals surface area contributed by atoms with Crippen LogP contribution < -0.4 is 0 Å². The molecule has 1 atom stereocenters. The van der Waals surface area contributed by atoms with Gasteiger partial charge in [-0.25, -0.2) is 4.39 Å². The first kappa shape index (κ1) is 12.8. The van der Waals surface area contributed by atoms with Crippen LogP contribution in [0.1, 0.15) is 17.2 Å². The molecule has 1 unspecified atom stereocenters. The summed E-state index contributed by atoms with van der Waals surface area (Å²) >= 11 is 4.70. The molecule has 1 heterocycles. The van der Waals surface area contributed by atoms with Gasteiger partial charge < -0.3 is 5.11 Å². The van der Waals surface area contributed by atoms with Crippen molar-refractivity contribution < 1.29 is 9.50 Å². The minimum atomic E-state index is -0.950. The third-order valence-corrected chi connectivity index (χ3v) is 4.68. The molecule has 0 aliphatic heterocycles. The molecule has 96 valence electrons. The fourth-order valence-corrected chi connectivity index (χ4v) is 3.47. The van der Waals surface area contributed by atoms with Gasteiger partial charge in [-0.1, -0.05) is 30.3 Å². The largest absolute Gasteiger partial charge is 0.383 e. The Kier molecular flexibility index (Phi) is 3.39. The van der Waals surface area contributed by atoms with Crippen LogP contribution in [0.15, 0.2) is 52.3 Å². The number of thiophene rings is 1. The van der Waals surface area contributed by atoms with Gasteiger partial charge in [-0.05, 0) is 38.8 Å². The van der Waals surface area contributed by atoms with Crippen LogP contribution in [-0.4, -0.2) is 5.11 Å². The molecule has 0 saturated heterocycles. The second kappa shape index (κ2) is 5.04. The van der Waals surface area contributed by atoms with Crippen molar-refractivity contribution in [2.24, 2.45) is 0 Å². The third-order valence-electron chi connectivity index (χ3n) is 3.08. The minimum absolute atomic E-state index is 0.290. The lowest BCUT2D eigenvalue weighted by molar-refractivity contribution is 0.216. The van der Waals surface area contributed by atoms with Crippen molar-refractivity contribution in [3.8, 4) is 0 Å². The van der Waals surface area contributed by atoms with Crippen LogP contribution in [0.3, 0.4) is 0 Å². The number of hydrogen-bond donors (Lipinski definition) is 1. The van der Waals surface area contributed by atoms with Gasteiger partial charge in [-0.2, -0.15) is 0 Å². The zero-order valence-corrected chi connectivity index (χ0v) is 12.2. The summed E-state index contributed by atoms with van der Waals surface area (Å²) < 4.78 is 15.5. The van der Waals surface area contributed by atoms with E-state index in [0.717, 1.165) is 15.6 Å². The molecule has 0 bridgehead atoms. The fraction of sp³-hybridized carbons (Fsp3) is 0.0667. The van der Waals surface area contributed by atoms with Crippen molar-refractivity contribution in [1.29, 1.82) is 0 Å². The molecule has 19 heavy (non-hydrogen) atoms. The van der Waals surface area contributed by atoms with E-state index in [1.54, 1.807) is 29.5 Å². The Morgan fingerprint density at radius 2 is 1.84 bits per heavy atom. The average molecular weight is 337 g/mol. The number of hydrogen-bond acceptors (Lipinski definition) is 2. The number of benzene rings is 2. The Bertz CT molecular complexity index is 738. The highest BCUT2D eigenvalue weighted by Gasteiger charge is 2.19. The van der Waals surface area contributed by atoms with E-state index in [9.17, 15) is 9.50 Å². The first-order chi connectivity index (χ1) is 9.18.